The summed E-state index contributed by atoms with van der Waals surface area (Å²) < 4.78 is 5.67. The molecule has 4 amide bonds. The predicted octanol–water partition coefficient (Wildman–Crippen LogP) is 4.20. The second kappa shape index (κ2) is 10.5. The van der Waals surface area contributed by atoms with Gasteiger partial charge in [-0.3, -0.25) is 15.6 Å². The van der Waals surface area contributed by atoms with Crippen molar-refractivity contribution in [2.45, 2.75) is 18.9 Å². The summed E-state index contributed by atoms with van der Waals surface area (Å²) >= 11 is 7.21. The maximum atomic E-state index is 13.1. The van der Waals surface area contributed by atoms with Crippen molar-refractivity contribution in [1.82, 2.24) is 14.9 Å². The van der Waals surface area contributed by atoms with E-state index in [-0.39, 0.29) is 17.9 Å². The lowest BCUT2D eigenvalue weighted by Crippen LogP contribution is -2.46. The summed E-state index contributed by atoms with van der Waals surface area (Å²) in [6.07, 6.45) is 5.12. The zero-order valence-electron chi connectivity index (χ0n) is 17.9. The number of carbonyl (C=O) groups excluding carboxylic acids is 3. The van der Waals surface area contributed by atoms with Gasteiger partial charge >= 0.3 is 18.0 Å². The standard InChI is InChI=1S/C22H21ClN6O4S/c23-14-5-3-13(4-6-14)17-10-16(20(30)33-15-2-1-9-29(12-15)21(24)31)19(34-17)28-22(32)27-18-11-25-7-8-26-18/h3-8,10-11,15H,1-2,9,12H2,(H2,24,31)(H2,26,27,28,32). The number of aromatic nitrogens is 2. The quantitative estimate of drug-likeness (QED) is 0.448. The number of esters is 1. The van der Waals surface area contributed by atoms with Crippen molar-refractivity contribution in [3.8, 4) is 10.4 Å². The fourth-order valence-electron chi connectivity index (χ4n) is 3.46. The molecule has 3 heterocycles. The first-order chi connectivity index (χ1) is 16.4. The topological polar surface area (TPSA) is 140 Å². The van der Waals surface area contributed by atoms with Gasteiger partial charge < -0.3 is 15.4 Å². The Labute approximate surface area is 204 Å². The number of anilines is 2. The zero-order chi connectivity index (χ0) is 24.1. The summed E-state index contributed by atoms with van der Waals surface area (Å²) in [6, 6.07) is 7.63. The van der Waals surface area contributed by atoms with Gasteiger partial charge in [0.2, 0.25) is 0 Å². The number of nitrogens with zero attached hydrogens (tertiary/aromatic N) is 3. The molecule has 1 fully saturated rings. The molecule has 4 rings (SSSR count). The highest BCUT2D eigenvalue weighted by Crippen LogP contribution is 2.37. The molecule has 1 aliphatic rings. The number of nitrogens with two attached hydrogens (primary N) is 1. The van der Waals surface area contributed by atoms with Gasteiger partial charge in [-0.1, -0.05) is 23.7 Å². The molecule has 12 heteroatoms. The third-order valence-corrected chi connectivity index (χ3v) is 6.43. The van der Waals surface area contributed by atoms with Crippen LogP contribution >= 0.6 is 22.9 Å². The molecule has 1 aromatic carbocycles. The van der Waals surface area contributed by atoms with E-state index >= 15 is 0 Å². The van der Waals surface area contributed by atoms with Gasteiger partial charge in [0.1, 0.15) is 11.1 Å². The number of primary amides is 1. The van der Waals surface area contributed by atoms with Crippen LogP contribution in [0.3, 0.4) is 0 Å². The van der Waals surface area contributed by atoms with E-state index in [2.05, 4.69) is 20.6 Å². The van der Waals surface area contributed by atoms with Crippen LogP contribution in [-0.2, 0) is 4.74 Å². The average Bonchev–Trinajstić information content (AvgIpc) is 3.24. The minimum Gasteiger partial charge on any atom is -0.457 e. The fourth-order valence-corrected chi connectivity index (χ4v) is 4.63. The number of piperidine rings is 1. The predicted molar refractivity (Wildman–Crippen MR) is 129 cm³/mol. The molecule has 1 saturated heterocycles. The Morgan fingerprint density at radius 2 is 1.97 bits per heavy atom. The number of hydrogen-bond donors (Lipinski definition) is 3. The summed E-state index contributed by atoms with van der Waals surface area (Å²) in [5.41, 5.74) is 6.38. The second-order valence-corrected chi connectivity index (χ2v) is 8.97. The summed E-state index contributed by atoms with van der Waals surface area (Å²) in [5, 5.41) is 6.15. The second-order valence-electron chi connectivity index (χ2n) is 7.48. The Balaban J connectivity index is 1.56. The largest absolute Gasteiger partial charge is 0.457 e. The van der Waals surface area contributed by atoms with Crippen molar-refractivity contribution in [3.05, 3.63) is 59.5 Å². The number of hydrogen-bond acceptors (Lipinski definition) is 7. The third kappa shape index (κ3) is 5.80. The van der Waals surface area contributed by atoms with Crippen LogP contribution in [0.4, 0.5) is 20.4 Å². The molecule has 0 radical (unpaired) electrons. The first-order valence-electron chi connectivity index (χ1n) is 10.4. The van der Waals surface area contributed by atoms with E-state index in [1.165, 1.54) is 34.8 Å². The third-order valence-electron chi connectivity index (χ3n) is 5.08. The number of rotatable bonds is 5. The van der Waals surface area contributed by atoms with Crippen LogP contribution in [0.2, 0.25) is 5.02 Å². The average molecular weight is 501 g/mol. The minimum atomic E-state index is -0.609. The van der Waals surface area contributed by atoms with Crippen LogP contribution in [0.15, 0.2) is 48.9 Å². The number of carbonyl (C=O) groups is 3. The number of urea groups is 2. The van der Waals surface area contributed by atoms with Crippen LogP contribution in [-0.4, -0.2) is 52.1 Å². The number of benzene rings is 1. The lowest BCUT2D eigenvalue weighted by Gasteiger charge is -2.31. The van der Waals surface area contributed by atoms with Crippen molar-refractivity contribution in [3.63, 3.8) is 0 Å². The van der Waals surface area contributed by atoms with E-state index in [9.17, 15) is 14.4 Å². The van der Waals surface area contributed by atoms with Gasteiger partial charge in [-0.05, 0) is 36.6 Å². The molecule has 34 heavy (non-hydrogen) atoms. The van der Waals surface area contributed by atoms with E-state index < -0.39 is 24.1 Å². The molecular formula is C22H21ClN6O4S. The van der Waals surface area contributed by atoms with Gasteiger partial charge in [0.05, 0.1) is 18.3 Å². The minimum absolute atomic E-state index is 0.195. The molecule has 0 saturated carbocycles. The zero-order valence-corrected chi connectivity index (χ0v) is 19.4. The smallest absolute Gasteiger partial charge is 0.341 e. The Morgan fingerprint density at radius 3 is 2.68 bits per heavy atom. The summed E-state index contributed by atoms with van der Waals surface area (Å²) in [4.78, 5) is 47.2. The van der Waals surface area contributed by atoms with E-state index in [1.807, 2.05) is 12.1 Å². The molecule has 0 bridgehead atoms. The van der Waals surface area contributed by atoms with Crippen molar-refractivity contribution in [1.29, 1.82) is 0 Å². The van der Waals surface area contributed by atoms with Gasteiger partial charge in [0.15, 0.2) is 5.82 Å². The van der Waals surface area contributed by atoms with E-state index in [0.717, 1.165) is 10.4 Å². The number of halogens is 1. The van der Waals surface area contributed by atoms with Crippen molar-refractivity contribution in [2.24, 2.45) is 5.73 Å². The number of amides is 4. The lowest BCUT2D eigenvalue weighted by molar-refractivity contribution is 0.0129. The van der Waals surface area contributed by atoms with E-state index in [0.29, 0.717) is 29.4 Å². The van der Waals surface area contributed by atoms with Crippen molar-refractivity contribution in [2.75, 3.05) is 23.7 Å². The highest BCUT2D eigenvalue weighted by Gasteiger charge is 2.28. The van der Waals surface area contributed by atoms with Gasteiger partial charge in [-0.2, -0.15) is 0 Å². The fraction of sp³-hybridized carbons (Fsp3) is 0.227. The van der Waals surface area contributed by atoms with E-state index in [4.69, 9.17) is 22.1 Å². The van der Waals surface area contributed by atoms with Crippen LogP contribution in [0.1, 0.15) is 23.2 Å². The SMILES string of the molecule is NC(=O)N1CCCC(OC(=O)c2cc(-c3ccc(Cl)cc3)sc2NC(=O)Nc2cnccn2)C1. The highest BCUT2D eigenvalue weighted by atomic mass is 35.5. The molecule has 10 nitrogen and oxygen atoms in total. The van der Waals surface area contributed by atoms with Crippen molar-refractivity contribution >= 4 is 51.8 Å². The Hall–Kier alpha value is -3.70. The lowest BCUT2D eigenvalue weighted by atomic mass is 10.1. The van der Waals surface area contributed by atoms with Crippen LogP contribution in [0.25, 0.3) is 10.4 Å². The molecule has 4 N–H and O–H groups in total. The molecule has 2 aromatic heterocycles. The van der Waals surface area contributed by atoms with Crippen LogP contribution in [0.5, 0.6) is 0 Å². The van der Waals surface area contributed by atoms with Gasteiger partial charge in [-0.25, -0.2) is 19.4 Å². The summed E-state index contributed by atoms with van der Waals surface area (Å²) in [7, 11) is 0. The molecule has 1 aliphatic heterocycles. The highest BCUT2D eigenvalue weighted by molar-refractivity contribution is 7.20. The summed E-state index contributed by atoms with van der Waals surface area (Å²) in [5.74, 6) is -0.352. The maximum absolute atomic E-state index is 13.1. The molecule has 0 aliphatic carbocycles. The van der Waals surface area contributed by atoms with Crippen LogP contribution in [0, 0.1) is 0 Å². The molecule has 3 aromatic rings. The van der Waals surface area contributed by atoms with E-state index in [1.54, 1.807) is 18.2 Å². The van der Waals surface area contributed by atoms with Crippen LogP contribution < -0.4 is 16.4 Å². The number of ether oxygens (including phenoxy) is 1. The monoisotopic (exact) mass is 500 g/mol. The molecule has 0 spiro atoms. The van der Waals surface area contributed by atoms with Gasteiger partial charge in [0.25, 0.3) is 0 Å². The molecule has 1 atom stereocenters. The first-order valence-corrected chi connectivity index (χ1v) is 11.6. The normalized spacial score (nSPS) is 15.4. The number of likely N-dealkylation sites (tertiary alicyclic amines) is 1. The maximum Gasteiger partial charge on any atom is 0.341 e. The van der Waals surface area contributed by atoms with Gasteiger partial charge in [0, 0.05) is 28.8 Å². The Morgan fingerprint density at radius 1 is 1.18 bits per heavy atom. The number of nitrogens with one attached hydrogen (secondary N) is 2. The van der Waals surface area contributed by atoms with Gasteiger partial charge in [-0.15, -0.1) is 11.3 Å². The van der Waals surface area contributed by atoms with Crippen molar-refractivity contribution < 1.29 is 19.1 Å². The number of thiophene rings is 1. The molecule has 1 unspecified atom stereocenters. The Kier molecular flexibility index (Phi) is 7.24. The summed E-state index contributed by atoms with van der Waals surface area (Å²) in [6.45, 7) is 0.753. The molecular weight excluding hydrogens is 480 g/mol. The molecule has 176 valence electrons. The Bertz CT molecular complexity index is 1190. The first kappa shape index (κ1) is 23.5.